The SMILES string of the molecule is CC1CC(C)CN(CCC(=O)c2ccc(F)cc2)C1. The zero-order chi connectivity index (χ0) is 13.8. The van der Waals surface area contributed by atoms with Gasteiger partial charge in [0.05, 0.1) is 0 Å². The van der Waals surface area contributed by atoms with Crippen molar-refractivity contribution >= 4 is 5.78 Å². The molecule has 1 saturated heterocycles. The van der Waals surface area contributed by atoms with Crippen LogP contribution in [0.3, 0.4) is 0 Å². The van der Waals surface area contributed by atoms with Crippen LogP contribution in [0.1, 0.15) is 37.0 Å². The van der Waals surface area contributed by atoms with E-state index in [1.807, 2.05) is 0 Å². The summed E-state index contributed by atoms with van der Waals surface area (Å²) in [6, 6.07) is 5.83. The van der Waals surface area contributed by atoms with Crippen LogP contribution in [0.15, 0.2) is 24.3 Å². The predicted octanol–water partition coefficient (Wildman–Crippen LogP) is 3.38. The molecule has 0 saturated carbocycles. The molecular weight excluding hydrogens is 241 g/mol. The first-order valence-electron chi connectivity index (χ1n) is 7.05. The van der Waals surface area contributed by atoms with Crippen molar-refractivity contribution in [2.45, 2.75) is 26.7 Å². The molecule has 1 aromatic rings. The summed E-state index contributed by atoms with van der Waals surface area (Å²) >= 11 is 0. The minimum absolute atomic E-state index is 0.103. The number of carbonyl (C=O) groups excluding carboxylic acids is 1. The van der Waals surface area contributed by atoms with Crippen LogP contribution in [0, 0.1) is 17.7 Å². The standard InChI is InChI=1S/C16H22FNO/c1-12-9-13(2)11-18(10-12)8-7-16(19)14-3-5-15(17)6-4-14/h3-6,12-13H,7-11H2,1-2H3. The number of hydrogen-bond donors (Lipinski definition) is 0. The van der Waals surface area contributed by atoms with Crippen molar-refractivity contribution in [2.24, 2.45) is 11.8 Å². The Bertz CT molecular complexity index is 419. The molecule has 0 amide bonds. The Morgan fingerprint density at radius 2 is 1.79 bits per heavy atom. The van der Waals surface area contributed by atoms with Crippen LogP contribution in [-0.4, -0.2) is 30.3 Å². The molecule has 104 valence electrons. The molecule has 0 N–H and O–H groups in total. The maximum atomic E-state index is 12.8. The van der Waals surface area contributed by atoms with Crippen molar-refractivity contribution < 1.29 is 9.18 Å². The molecule has 1 aliphatic heterocycles. The van der Waals surface area contributed by atoms with Crippen molar-refractivity contribution in [1.82, 2.24) is 4.90 Å². The summed E-state index contributed by atoms with van der Waals surface area (Å²) in [5.74, 6) is 1.23. The van der Waals surface area contributed by atoms with E-state index < -0.39 is 0 Å². The molecule has 1 aromatic carbocycles. The summed E-state index contributed by atoms with van der Waals surface area (Å²) in [6.45, 7) is 7.52. The average molecular weight is 263 g/mol. The third kappa shape index (κ3) is 4.13. The highest BCUT2D eigenvalue weighted by atomic mass is 19.1. The van der Waals surface area contributed by atoms with Gasteiger partial charge in [-0.2, -0.15) is 0 Å². The Morgan fingerprint density at radius 3 is 2.37 bits per heavy atom. The zero-order valence-electron chi connectivity index (χ0n) is 11.7. The number of halogens is 1. The summed E-state index contributed by atoms with van der Waals surface area (Å²) < 4.78 is 12.8. The average Bonchev–Trinajstić information content (AvgIpc) is 2.36. The third-order valence-electron chi connectivity index (χ3n) is 3.77. The van der Waals surface area contributed by atoms with Crippen molar-refractivity contribution in [1.29, 1.82) is 0 Å². The lowest BCUT2D eigenvalue weighted by atomic mass is 9.91. The van der Waals surface area contributed by atoms with Gasteiger partial charge in [0, 0.05) is 31.6 Å². The zero-order valence-corrected chi connectivity index (χ0v) is 11.7. The van der Waals surface area contributed by atoms with E-state index in [0.717, 1.165) is 19.6 Å². The number of piperidine rings is 1. The molecule has 3 heteroatoms. The highest BCUT2D eigenvalue weighted by Gasteiger charge is 2.22. The normalized spacial score (nSPS) is 24.4. The first-order valence-corrected chi connectivity index (χ1v) is 7.05. The second-order valence-electron chi connectivity index (χ2n) is 5.89. The van der Waals surface area contributed by atoms with E-state index in [4.69, 9.17) is 0 Å². The van der Waals surface area contributed by atoms with Gasteiger partial charge in [-0.3, -0.25) is 4.79 Å². The Kier molecular flexibility index (Phi) is 4.70. The number of Topliss-reactive ketones (excluding diaryl/α,β-unsaturated/α-hetero) is 1. The molecule has 0 bridgehead atoms. The molecule has 0 aromatic heterocycles. The lowest BCUT2D eigenvalue weighted by molar-refractivity contribution is 0.0926. The van der Waals surface area contributed by atoms with Crippen molar-refractivity contribution in [3.05, 3.63) is 35.6 Å². The van der Waals surface area contributed by atoms with Gasteiger partial charge in [-0.05, 0) is 42.5 Å². The van der Waals surface area contributed by atoms with Crippen LogP contribution in [0.4, 0.5) is 4.39 Å². The van der Waals surface area contributed by atoms with Crippen LogP contribution < -0.4 is 0 Å². The molecule has 1 aliphatic rings. The van der Waals surface area contributed by atoms with E-state index >= 15 is 0 Å². The molecule has 2 nitrogen and oxygen atoms in total. The van der Waals surface area contributed by atoms with Crippen molar-refractivity contribution in [2.75, 3.05) is 19.6 Å². The number of ketones is 1. The van der Waals surface area contributed by atoms with Crippen LogP contribution in [0.2, 0.25) is 0 Å². The smallest absolute Gasteiger partial charge is 0.164 e. The number of hydrogen-bond acceptors (Lipinski definition) is 2. The fraction of sp³-hybridized carbons (Fsp3) is 0.562. The second kappa shape index (κ2) is 6.29. The van der Waals surface area contributed by atoms with Gasteiger partial charge in [-0.25, -0.2) is 4.39 Å². The molecule has 0 spiro atoms. The Morgan fingerprint density at radius 1 is 1.21 bits per heavy atom. The molecule has 1 fully saturated rings. The molecular formula is C16H22FNO. The summed E-state index contributed by atoms with van der Waals surface area (Å²) in [6.07, 6.45) is 1.80. The molecule has 19 heavy (non-hydrogen) atoms. The number of nitrogens with zero attached hydrogens (tertiary/aromatic N) is 1. The molecule has 2 atom stereocenters. The minimum Gasteiger partial charge on any atom is -0.302 e. The Balaban J connectivity index is 1.84. The van der Waals surface area contributed by atoms with Gasteiger partial charge in [0.1, 0.15) is 5.82 Å². The fourth-order valence-electron chi connectivity index (χ4n) is 3.01. The quantitative estimate of drug-likeness (QED) is 0.776. The van der Waals surface area contributed by atoms with E-state index in [2.05, 4.69) is 18.7 Å². The van der Waals surface area contributed by atoms with E-state index in [1.54, 1.807) is 12.1 Å². The third-order valence-corrected chi connectivity index (χ3v) is 3.77. The number of carbonyl (C=O) groups is 1. The summed E-state index contributed by atoms with van der Waals surface area (Å²) in [7, 11) is 0. The van der Waals surface area contributed by atoms with Gasteiger partial charge < -0.3 is 4.90 Å². The molecule has 0 radical (unpaired) electrons. The van der Waals surface area contributed by atoms with E-state index in [0.29, 0.717) is 23.8 Å². The summed E-state index contributed by atoms with van der Waals surface area (Å²) in [5, 5.41) is 0. The Labute approximate surface area is 114 Å². The van der Waals surface area contributed by atoms with Crippen molar-refractivity contribution in [3.63, 3.8) is 0 Å². The number of benzene rings is 1. The molecule has 2 rings (SSSR count). The molecule has 1 heterocycles. The van der Waals surface area contributed by atoms with Crippen LogP contribution >= 0.6 is 0 Å². The van der Waals surface area contributed by atoms with E-state index in [-0.39, 0.29) is 11.6 Å². The summed E-state index contributed by atoms with van der Waals surface area (Å²) in [5.41, 5.74) is 0.611. The topological polar surface area (TPSA) is 20.3 Å². The van der Waals surface area contributed by atoms with Gasteiger partial charge in [-0.1, -0.05) is 13.8 Å². The monoisotopic (exact) mass is 263 g/mol. The first kappa shape index (κ1) is 14.2. The fourth-order valence-corrected chi connectivity index (χ4v) is 3.01. The van der Waals surface area contributed by atoms with Crippen LogP contribution in [-0.2, 0) is 0 Å². The maximum absolute atomic E-state index is 12.8. The van der Waals surface area contributed by atoms with Gasteiger partial charge >= 0.3 is 0 Å². The van der Waals surface area contributed by atoms with Gasteiger partial charge in [0.15, 0.2) is 5.78 Å². The Hall–Kier alpha value is -1.22. The molecule has 0 aliphatic carbocycles. The van der Waals surface area contributed by atoms with Gasteiger partial charge in [0.25, 0.3) is 0 Å². The van der Waals surface area contributed by atoms with Crippen molar-refractivity contribution in [3.8, 4) is 0 Å². The van der Waals surface area contributed by atoms with Crippen LogP contribution in [0.25, 0.3) is 0 Å². The first-order chi connectivity index (χ1) is 9.04. The number of likely N-dealkylation sites (tertiary alicyclic amines) is 1. The molecule has 2 unspecified atom stereocenters. The maximum Gasteiger partial charge on any atom is 0.164 e. The lowest BCUT2D eigenvalue weighted by Gasteiger charge is -2.34. The summed E-state index contributed by atoms with van der Waals surface area (Å²) in [4.78, 5) is 14.4. The highest BCUT2D eigenvalue weighted by Crippen LogP contribution is 2.21. The van der Waals surface area contributed by atoms with Crippen LogP contribution in [0.5, 0.6) is 0 Å². The largest absolute Gasteiger partial charge is 0.302 e. The van der Waals surface area contributed by atoms with Gasteiger partial charge in [0.2, 0.25) is 0 Å². The van der Waals surface area contributed by atoms with E-state index in [1.165, 1.54) is 18.6 Å². The highest BCUT2D eigenvalue weighted by molar-refractivity contribution is 5.96. The predicted molar refractivity (Wildman–Crippen MR) is 74.7 cm³/mol. The van der Waals surface area contributed by atoms with Gasteiger partial charge in [-0.15, -0.1) is 0 Å². The lowest BCUT2D eigenvalue weighted by Crippen LogP contribution is -2.39. The number of rotatable bonds is 4. The second-order valence-corrected chi connectivity index (χ2v) is 5.89. The van der Waals surface area contributed by atoms with E-state index in [9.17, 15) is 9.18 Å². The minimum atomic E-state index is -0.296.